The minimum atomic E-state index is -0.627. The zero-order valence-corrected chi connectivity index (χ0v) is 16.3. The molecule has 2 aromatic carbocycles. The Morgan fingerprint density at radius 2 is 1.89 bits per heavy atom. The molecule has 0 saturated carbocycles. The minimum absolute atomic E-state index is 0.0266. The molecule has 1 aliphatic rings. The van der Waals surface area contributed by atoms with Crippen LogP contribution in [0, 0.1) is 11.6 Å². The number of hydrogen-bond acceptors (Lipinski definition) is 4. The van der Waals surface area contributed by atoms with E-state index in [1.54, 1.807) is 23.1 Å². The lowest BCUT2D eigenvalue weighted by Crippen LogP contribution is -2.39. The lowest BCUT2D eigenvalue weighted by molar-refractivity contribution is 0.0702. The molecule has 1 aliphatic heterocycles. The number of rotatable bonds is 3. The first kappa shape index (κ1) is 19.0. The second-order valence-corrected chi connectivity index (χ2v) is 8.03. The number of nitrogens with zero attached hydrogens (tertiary/aromatic N) is 3. The molecule has 2 heterocycles. The average molecular weight is 420 g/mol. The smallest absolute Gasteiger partial charge is 0.258 e. The maximum atomic E-state index is 14.1. The molecule has 28 heavy (non-hydrogen) atoms. The van der Waals surface area contributed by atoms with Gasteiger partial charge in [-0.25, -0.2) is 8.78 Å². The van der Waals surface area contributed by atoms with Crippen LogP contribution in [-0.2, 0) is 0 Å². The Kier molecular flexibility index (Phi) is 5.37. The van der Waals surface area contributed by atoms with E-state index in [0.717, 1.165) is 17.8 Å². The van der Waals surface area contributed by atoms with E-state index in [-0.39, 0.29) is 22.3 Å². The van der Waals surface area contributed by atoms with E-state index >= 15 is 0 Å². The summed E-state index contributed by atoms with van der Waals surface area (Å²) in [6.45, 7) is 0.925. The Morgan fingerprint density at radius 3 is 2.68 bits per heavy atom. The molecule has 1 fully saturated rings. The monoisotopic (exact) mass is 419 g/mol. The van der Waals surface area contributed by atoms with Crippen molar-refractivity contribution in [2.75, 3.05) is 13.1 Å². The lowest BCUT2D eigenvalue weighted by Gasteiger charge is -2.32. The van der Waals surface area contributed by atoms with Crippen LogP contribution in [0.5, 0.6) is 0 Å². The van der Waals surface area contributed by atoms with E-state index in [1.165, 1.54) is 35.6 Å². The van der Waals surface area contributed by atoms with E-state index < -0.39 is 11.7 Å². The fraction of sp³-hybridized carbons (Fsp3) is 0.250. The molecular weight excluding hydrogens is 404 g/mol. The van der Waals surface area contributed by atoms with Crippen LogP contribution in [0.15, 0.2) is 42.5 Å². The van der Waals surface area contributed by atoms with E-state index in [1.807, 2.05) is 0 Å². The molecule has 144 valence electrons. The summed E-state index contributed by atoms with van der Waals surface area (Å²) < 4.78 is 28.1. The van der Waals surface area contributed by atoms with E-state index in [2.05, 4.69) is 10.2 Å². The maximum absolute atomic E-state index is 14.1. The Balaban J connectivity index is 1.55. The van der Waals surface area contributed by atoms with Gasteiger partial charge in [-0.1, -0.05) is 41.1 Å². The number of carbonyl (C=O) groups is 1. The van der Waals surface area contributed by atoms with Gasteiger partial charge in [-0.3, -0.25) is 4.79 Å². The quantitative estimate of drug-likeness (QED) is 0.589. The molecule has 3 aromatic rings. The Bertz CT molecular complexity index is 1010. The van der Waals surface area contributed by atoms with Gasteiger partial charge in [-0.05, 0) is 37.1 Å². The van der Waals surface area contributed by atoms with Crippen LogP contribution < -0.4 is 0 Å². The van der Waals surface area contributed by atoms with Crippen molar-refractivity contribution in [2.24, 2.45) is 0 Å². The molecular formula is C20H16ClF2N3OS. The first-order chi connectivity index (χ1) is 13.5. The fourth-order valence-electron chi connectivity index (χ4n) is 3.37. The third-order valence-corrected chi connectivity index (χ3v) is 6.21. The van der Waals surface area contributed by atoms with E-state index in [9.17, 15) is 13.6 Å². The van der Waals surface area contributed by atoms with E-state index in [0.29, 0.717) is 23.7 Å². The highest BCUT2D eigenvalue weighted by Crippen LogP contribution is 2.34. The van der Waals surface area contributed by atoms with Crippen molar-refractivity contribution >= 4 is 28.8 Å². The van der Waals surface area contributed by atoms with Gasteiger partial charge < -0.3 is 4.90 Å². The number of likely N-dealkylation sites (tertiary alicyclic amines) is 1. The summed E-state index contributed by atoms with van der Waals surface area (Å²) in [6, 6.07) is 10.6. The van der Waals surface area contributed by atoms with Gasteiger partial charge in [0.2, 0.25) is 0 Å². The molecule has 1 atom stereocenters. The van der Waals surface area contributed by atoms with Gasteiger partial charge in [0, 0.05) is 24.6 Å². The molecule has 0 spiro atoms. The molecule has 0 N–H and O–H groups in total. The Morgan fingerprint density at radius 1 is 1.11 bits per heavy atom. The van der Waals surface area contributed by atoms with Gasteiger partial charge in [0.15, 0.2) is 5.01 Å². The number of halogens is 3. The van der Waals surface area contributed by atoms with Gasteiger partial charge in [0.25, 0.3) is 5.91 Å². The van der Waals surface area contributed by atoms with Gasteiger partial charge in [0.05, 0.1) is 10.6 Å². The molecule has 0 aliphatic carbocycles. The lowest BCUT2D eigenvalue weighted by atomic mass is 9.98. The standard InChI is InChI=1S/C20H16ClF2N3OS/c21-14-7-3-9-16(23)17(14)20(27)26-10-4-5-12(11-26)18-24-25-19(28-18)13-6-1-2-8-15(13)22/h1-3,6-9,12H,4-5,10-11H2/t12-/m1/s1. The summed E-state index contributed by atoms with van der Waals surface area (Å²) in [6.07, 6.45) is 1.60. The number of hydrogen-bond donors (Lipinski definition) is 0. The summed E-state index contributed by atoms with van der Waals surface area (Å²) >= 11 is 7.36. The fourth-order valence-corrected chi connectivity index (χ4v) is 4.61. The van der Waals surface area contributed by atoms with Crippen molar-refractivity contribution in [3.8, 4) is 10.6 Å². The third-order valence-electron chi connectivity index (χ3n) is 4.78. The first-order valence-corrected chi connectivity index (χ1v) is 10.1. The van der Waals surface area contributed by atoms with Crippen molar-refractivity contribution < 1.29 is 13.6 Å². The zero-order chi connectivity index (χ0) is 19.7. The van der Waals surface area contributed by atoms with Crippen LogP contribution >= 0.6 is 22.9 Å². The van der Waals surface area contributed by atoms with Crippen LogP contribution in [0.1, 0.15) is 34.1 Å². The largest absolute Gasteiger partial charge is 0.338 e. The second kappa shape index (κ2) is 7.93. The molecule has 1 amide bonds. The summed E-state index contributed by atoms with van der Waals surface area (Å²) in [5.41, 5.74) is 0.308. The number of amides is 1. The van der Waals surface area contributed by atoms with Gasteiger partial charge in [-0.15, -0.1) is 10.2 Å². The number of benzene rings is 2. The average Bonchev–Trinajstić information content (AvgIpc) is 3.18. The van der Waals surface area contributed by atoms with Gasteiger partial charge in [-0.2, -0.15) is 0 Å². The first-order valence-electron chi connectivity index (χ1n) is 8.86. The van der Waals surface area contributed by atoms with Crippen LogP contribution in [0.25, 0.3) is 10.6 Å². The normalized spacial score (nSPS) is 17.0. The van der Waals surface area contributed by atoms with Crippen molar-refractivity contribution in [1.29, 1.82) is 0 Å². The second-order valence-electron chi connectivity index (χ2n) is 6.61. The number of piperidine rings is 1. The van der Waals surface area contributed by atoms with Crippen LogP contribution in [-0.4, -0.2) is 34.1 Å². The summed E-state index contributed by atoms with van der Waals surface area (Å²) in [5, 5.41) is 9.70. The van der Waals surface area contributed by atoms with Gasteiger partial charge >= 0.3 is 0 Å². The SMILES string of the molecule is O=C(c1c(F)cccc1Cl)N1CCC[C@@H](c2nnc(-c3ccccc3F)s2)C1. The topological polar surface area (TPSA) is 46.1 Å². The van der Waals surface area contributed by atoms with Crippen molar-refractivity contribution in [1.82, 2.24) is 15.1 Å². The van der Waals surface area contributed by atoms with Gasteiger partial charge in [0.1, 0.15) is 16.6 Å². The molecule has 4 nitrogen and oxygen atoms in total. The zero-order valence-electron chi connectivity index (χ0n) is 14.7. The highest BCUT2D eigenvalue weighted by atomic mass is 35.5. The Hall–Kier alpha value is -2.38. The molecule has 4 rings (SSSR count). The molecule has 1 aromatic heterocycles. The predicted octanol–water partition coefficient (Wildman–Crippen LogP) is 5.16. The summed E-state index contributed by atoms with van der Waals surface area (Å²) in [7, 11) is 0. The van der Waals surface area contributed by atoms with E-state index in [4.69, 9.17) is 11.6 Å². The third kappa shape index (κ3) is 3.64. The Labute approximate surface area is 169 Å². The summed E-state index contributed by atoms with van der Waals surface area (Å²) in [4.78, 5) is 14.4. The molecule has 8 heteroatoms. The molecule has 0 bridgehead atoms. The van der Waals surface area contributed by atoms with Crippen molar-refractivity contribution in [3.63, 3.8) is 0 Å². The number of carbonyl (C=O) groups excluding carboxylic acids is 1. The maximum Gasteiger partial charge on any atom is 0.258 e. The van der Waals surface area contributed by atoms with Crippen LogP contribution in [0.4, 0.5) is 8.78 Å². The highest BCUT2D eigenvalue weighted by Gasteiger charge is 2.30. The minimum Gasteiger partial charge on any atom is -0.338 e. The van der Waals surface area contributed by atoms with Crippen molar-refractivity contribution in [3.05, 3.63) is 69.7 Å². The molecule has 1 saturated heterocycles. The highest BCUT2D eigenvalue weighted by molar-refractivity contribution is 7.14. The van der Waals surface area contributed by atoms with Crippen LogP contribution in [0.2, 0.25) is 5.02 Å². The molecule has 0 unspecified atom stereocenters. The summed E-state index contributed by atoms with van der Waals surface area (Å²) in [5.74, 6) is -1.43. The molecule has 0 radical (unpaired) electrons. The predicted molar refractivity (Wildman–Crippen MR) is 105 cm³/mol. The van der Waals surface area contributed by atoms with Crippen molar-refractivity contribution in [2.45, 2.75) is 18.8 Å². The number of aromatic nitrogens is 2. The van der Waals surface area contributed by atoms with Crippen LogP contribution in [0.3, 0.4) is 0 Å².